The number of nitrogens with two attached hydrogens (primary N) is 2. The normalized spacial score (nSPS) is 26.4. The van der Waals surface area contributed by atoms with Crippen molar-refractivity contribution in [2.45, 2.75) is 19.1 Å². The number of hydrogen-bond donors (Lipinski definition) is 4. The van der Waals surface area contributed by atoms with Crippen molar-refractivity contribution in [3.05, 3.63) is 36.2 Å². The van der Waals surface area contributed by atoms with Gasteiger partial charge in [-0.25, -0.2) is 0 Å². The van der Waals surface area contributed by atoms with Gasteiger partial charge < -0.3 is 16.5 Å². The summed E-state index contributed by atoms with van der Waals surface area (Å²) in [5.74, 6) is 5.84. The van der Waals surface area contributed by atoms with Crippen LogP contribution < -0.4 is 22.2 Å². The zero-order valence-corrected chi connectivity index (χ0v) is 10.8. The van der Waals surface area contributed by atoms with Crippen LogP contribution in [0.15, 0.2) is 46.3 Å². The Bertz CT molecular complexity index is 446. The van der Waals surface area contributed by atoms with Crippen LogP contribution >= 0.6 is 0 Å². The first-order valence-electron chi connectivity index (χ1n) is 6.35. The van der Waals surface area contributed by atoms with Gasteiger partial charge in [0.1, 0.15) is 6.29 Å². The lowest BCUT2D eigenvalue weighted by Gasteiger charge is -2.09. The molecule has 6 N–H and O–H groups in total. The molecule has 0 saturated heterocycles. The Kier molecular flexibility index (Phi) is 4.74. The third kappa shape index (κ3) is 4.26. The molecule has 102 valence electrons. The Balaban J connectivity index is 1.79. The Morgan fingerprint density at radius 2 is 2.37 bits per heavy atom. The molecule has 2 rings (SSSR count). The van der Waals surface area contributed by atoms with Crippen molar-refractivity contribution in [2.75, 3.05) is 6.54 Å². The van der Waals surface area contributed by atoms with Crippen LogP contribution in [0.3, 0.4) is 0 Å². The SMILES string of the molecule is NN=C(C=NCC1C=CC=CC1)CC1=CNC(N)N1. The van der Waals surface area contributed by atoms with Crippen LogP contribution in [0.4, 0.5) is 0 Å². The van der Waals surface area contributed by atoms with Crippen molar-refractivity contribution in [1.82, 2.24) is 10.6 Å². The zero-order valence-electron chi connectivity index (χ0n) is 10.8. The molecule has 0 aromatic rings. The molecule has 19 heavy (non-hydrogen) atoms. The number of rotatable bonds is 5. The van der Waals surface area contributed by atoms with E-state index in [4.69, 9.17) is 11.6 Å². The fourth-order valence-corrected chi connectivity index (χ4v) is 1.96. The molecule has 2 aliphatic rings. The third-order valence-electron chi connectivity index (χ3n) is 2.96. The van der Waals surface area contributed by atoms with Crippen molar-refractivity contribution in [3.8, 4) is 0 Å². The largest absolute Gasteiger partial charge is 0.358 e. The Morgan fingerprint density at radius 1 is 1.47 bits per heavy atom. The molecule has 2 atom stereocenters. The number of allylic oxidation sites excluding steroid dienone is 4. The standard InChI is InChI=1S/C13H20N6/c14-13-17-9-11(18-13)6-12(19-15)8-16-7-10-4-2-1-3-5-10/h1-4,8-10,13,17-18H,5-7,14-15H2. The summed E-state index contributed by atoms with van der Waals surface area (Å²) in [5.41, 5.74) is 7.34. The first-order valence-corrected chi connectivity index (χ1v) is 6.35. The van der Waals surface area contributed by atoms with Gasteiger partial charge in [-0.3, -0.25) is 10.7 Å². The lowest BCUT2D eigenvalue weighted by atomic mass is 10.0. The molecule has 0 bridgehead atoms. The second kappa shape index (κ2) is 6.75. The Morgan fingerprint density at radius 3 is 3.00 bits per heavy atom. The summed E-state index contributed by atoms with van der Waals surface area (Å²) < 4.78 is 0. The predicted octanol–water partition coefficient (Wildman–Crippen LogP) is 0.171. The van der Waals surface area contributed by atoms with E-state index in [1.165, 1.54) is 0 Å². The molecule has 0 aromatic carbocycles. The third-order valence-corrected chi connectivity index (χ3v) is 2.96. The summed E-state index contributed by atoms with van der Waals surface area (Å²) in [6, 6.07) is 0. The van der Waals surface area contributed by atoms with Crippen LogP contribution in [0.1, 0.15) is 12.8 Å². The lowest BCUT2D eigenvalue weighted by Crippen LogP contribution is -2.40. The van der Waals surface area contributed by atoms with E-state index in [2.05, 4.69) is 45.0 Å². The van der Waals surface area contributed by atoms with Gasteiger partial charge in [-0.2, -0.15) is 5.10 Å². The summed E-state index contributed by atoms with van der Waals surface area (Å²) in [7, 11) is 0. The fraction of sp³-hybridized carbons (Fsp3) is 0.385. The highest BCUT2D eigenvalue weighted by atomic mass is 15.3. The molecule has 1 heterocycles. The number of hydrazone groups is 1. The van der Waals surface area contributed by atoms with Gasteiger partial charge in [0, 0.05) is 37.0 Å². The lowest BCUT2D eigenvalue weighted by molar-refractivity contribution is 0.582. The topological polar surface area (TPSA) is 101 Å². The summed E-state index contributed by atoms with van der Waals surface area (Å²) in [6.45, 7) is 0.754. The molecule has 6 nitrogen and oxygen atoms in total. The minimum atomic E-state index is -0.231. The summed E-state index contributed by atoms with van der Waals surface area (Å²) in [6.07, 6.45) is 13.4. The van der Waals surface area contributed by atoms with Crippen molar-refractivity contribution in [1.29, 1.82) is 0 Å². The molecular formula is C13H20N6. The first kappa shape index (κ1) is 13.4. The Labute approximate surface area is 113 Å². The van der Waals surface area contributed by atoms with E-state index in [0.717, 1.165) is 24.4 Å². The van der Waals surface area contributed by atoms with Crippen molar-refractivity contribution in [2.24, 2.45) is 27.6 Å². The molecule has 0 aromatic heterocycles. The monoisotopic (exact) mass is 260 g/mol. The van der Waals surface area contributed by atoms with Crippen LogP contribution in [0.2, 0.25) is 0 Å². The van der Waals surface area contributed by atoms with Gasteiger partial charge in [-0.1, -0.05) is 24.3 Å². The number of aliphatic imine (C=N–C) groups is 1. The second-order valence-corrected chi connectivity index (χ2v) is 4.56. The smallest absolute Gasteiger partial charge is 0.149 e. The van der Waals surface area contributed by atoms with Gasteiger partial charge in [0.05, 0.1) is 5.71 Å². The van der Waals surface area contributed by atoms with E-state index in [1.54, 1.807) is 6.21 Å². The Hall–Kier alpha value is -2.08. The molecule has 0 fully saturated rings. The van der Waals surface area contributed by atoms with Crippen molar-refractivity contribution in [3.63, 3.8) is 0 Å². The summed E-state index contributed by atoms with van der Waals surface area (Å²) >= 11 is 0. The zero-order chi connectivity index (χ0) is 13.5. The van der Waals surface area contributed by atoms with E-state index in [0.29, 0.717) is 12.3 Å². The van der Waals surface area contributed by atoms with Gasteiger partial charge in [-0.15, -0.1) is 0 Å². The average molecular weight is 260 g/mol. The highest BCUT2D eigenvalue weighted by molar-refractivity contribution is 6.31. The van der Waals surface area contributed by atoms with E-state index >= 15 is 0 Å². The molecule has 0 radical (unpaired) electrons. The molecule has 1 aliphatic heterocycles. The fourth-order valence-electron chi connectivity index (χ4n) is 1.96. The molecule has 6 heteroatoms. The summed E-state index contributed by atoms with van der Waals surface area (Å²) in [4.78, 5) is 4.40. The van der Waals surface area contributed by atoms with Crippen LogP contribution in [-0.4, -0.2) is 24.8 Å². The van der Waals surface area contributed by atoms with Crippen molar-refractivity contribution < 1.29 is 0 Å². The molecule has 0 spiro atoms. The minimum Gasteiger partial charge on any atom is -0.358 e. The summed E-state index contributed by atoms with van der Waals surface area (Å²) in [5, 5.41) is 9.77. The van der Waals surface area contributed by atoms with E-state index in [-0.39, 0.29) is 6.29 Å². The number of nitrogens with zero attached hydrogens (tertiary/aromatic N) is 2. The second-order valence-electron chi connectivity index (χ2n) is 4.56. The first-order chi connectivity index (χ1) is 9.28. The van der Waals surface area contributed by atoms with Crippen LogP contribution in [0.25, 0.3) is 0 Å². The van der Waals surface area contributed by atoms with Crippen molar-refractivity contribution >= 4 is 11.9 Å². The van der Waals surface area contributed by atoms with Gasteiger partial charge in [0.15, 0.2) is 0 Å². The number of nitrogens with one attached hydrogen (secondary N) is 2. The average Bonchev–Trinajstić information content (AvgIpc) is 2.84. The minimum absolute atomic E-state index is 0.231. The van der Waals surface area contributed by atoms with E-state index in [9.17, 15) is 0 Å². The number of hydrogen-bond acceptors (Lipinski definition) is 6. The molecule has 0 saturated carbocycles. The van der Waals surface area contributed by atoms with Crippen LogP contribution in [0, 0.1) is 5.92 Å². The highest BCUT2D eigenvalue weighted by Gasteiger charge is 2.11. The van der Waals surface area contributed by atoms with Gasteiger partial charge in [0.2, 0.25) is 0 Å². The van der Waals surface area contributed by atoms with Gasteiger partial charge in [-0.05, 0) is 6.42 Å². The maximum absolute atomic E-state index is 5.65. The quantitative estimate of drug-likeness (QED) is 0.321. The van der Waals surface area contributed by atoms with Gasteiger partial charge in [0.25, 0.3) is 0 Å². The van der Waals surface area contributed by atoms with Crippen LogP contribution in [-0.2, 0) is 0 Å². The van der Waals surface area contributed by atoms with E-state index in [1.807, 2.05) is 6.20 Å². The maximum Gasteiger partial charge on any atom is 0.149 e. The van der Waals surface area contributed by atoms with Crippen LogP contribution in [0.5, 0.6) is 0 Å². The van der Waals surface area contributed by atoms with Gasteiger partial charge >= 0.3 is 0 Å². The van der Waals surface area contributed by atoms with E-state index < -0.39 is 0 Å². The molecule has 2 unspecified atom stereocenters. The molecule has 1 aliphatic carbocycles. The molecule has 0 amide bonds. The highest BCUT2D eigenvalue weighted by Crippen LogP contribution is 2.11. The molecular weight excluding hydrogens is 240 g/mol. The maximum atomic E-state index is 5.65. The predicted molar refractivity (Wildman–Crippen MR) is 78.3 cm³/mol.